The molecule has 1 aliphatic rings. The monoisotopic (exact) mass is 234 g/mol. The Morgan fingerprint density at radius 2 is 2.18 bits per heavy atom. The number of aryl methyl sites for hydroxylation is 1. The van der Waals surface area contributed by atoms with Crippen molar-refractivity contribution in [1.29, 1.82) is 0 Å². The van der Waals surface area contributed by atoms with Gasteiger partial charge in [-0.2, -0.15) is 0 Å². The van der Waals surface area contributed by atoms with Crippen molar-refractivity contribution < 1.29 is 9.53 Å². The summed E-state index contributed by atoms with van der Waals surface area (Å²) in [5.41, 5.74) is 8.31. The lowest BCUT2D eigenvalue weighted by Gasteiger charge is -2.29. The van der Waals surface area contributed by atoms with Crippen LogP contribution in [0.25, 0.3) is 0 Å². The maximum atomic E-state index is 11.8. The molecular weight excluding hydrogens is 216 g/mol. The van der Waals surface area contributed by atoms with Crippen LogP contribution in [0.1, 0.15) is 26.3 Å². The van der Waals surface area contributed by atoms with E-state index in [0.717, 1.165) is 12.0 Å². The van der Waals surface area contributed by atoms with E-state index in [2.05, 4.69) is 5.32 Å². The minimum Gasteiger partial charge on any atom is -0.476 e. The van der Waals surface area contributed by atoms with Gasteiger partial charge in [0.15, 0.2) is 11.9 Å². The number of ether oxygens (including phenoxy) is 1. The van der Waals surface area contributed by atoms with E-state index in [0.29, 0.717) is 17.1 Å². The zero-order valence-electron chi connectivity index (χ0n) is 10.4. The Kier molecular flexibility index (Phi) is 2.96. The zero-order valence-corrected chi connectivity index (χ0v) is 10.4. The summed E-state index contributed by atoms with van der Waals surface area (Å²) in [5, 5.41) is 2.86. The van der Waals surface area contributed by atoms with Crippen LogP contribution in [0.15, 0.2) is 12.1 Å². The second kappa shape index (κ2) is 4.28. The normalized spacial score (nSPS) is 18.6. The summed E-state index contributed by atoms with van der Waals surface area (Å²) in [6.07, 6.45) is 0.415. The molecule has 1 aromatic carbocycles. The van der Waals surface area contributed by atoms with Crippen LogP contribution in [-0.2, 0) is 11.2 Å². The van der Waals surface area contributed by atoms with E-state index in [4.69, 9.17) is 10.5 Å². The highest BCUT2D eigenvalue weighted by molar-refractivity contribution is 5.99. The number of nitrogens with one attached hydrogen (secondary N) is 1. The molecule has 0 radical (unpaired) electrons. The molecule has 4 heteroatoms. The number of carbonyl (C=O) groups is 1. The molecule has 0 spiro atoms. The van der Waals surface area contributed by atoms with Crippen LogP contribution in [0.5, 0.6) is 5.75 Å². The Balaban J connectivity index is 2.41. The van der Waals surface area contributed by atoms with E-state index in [1.54, 1.807) is 0 Å². The molecule has 0 bridgehead atoms. The molecule has 1 aromatic rings. The van der Waals surface area contributed by atoms with Gasteiger partial charge in [0.2, 0.25) is 0 Å². The van der Waals surface area contributed by atoms with Gasteiger partial charge in [-0.05, 0) is 30.0 Å². The van der Waals surface area contributed by atoms with Crippen molar-refractivity contribution in [3.8, 4) is 5.75 Å². The average molecular weight is 234 g/mol. The second-order valence-corrected chi connectivity index (χ2v) is 4.69. The smallest absolute Gasteiger partial charge is 0.265 e. The minimum atomic E-state index is -0.461. The summed E-state index contributed by atoms with van der Waals surface area (Å²) >= 11 is 0. The molecule has 0 aliphatic carbocycles. The fourth-order valence-electron chi connectivity index (χ4n) is 1.97. The molecule has 17 heavy (non-hydrogen) atoms. The van der Waals surface area contributed by atoms with E-state index in [1.165, 1.54) is 0 Å². The highest BCUT2D eigenvalue weighted by Gasteiger charge is 2.31. The van der Waals surface area contributed by atoms with Gasteiger partial charge in [-0.15, -0.1) is 0 Å². The first-order valence-corrected chi connectivity index (χ1v) is 5.92. The zero-order chi connectivity index (χ0) is 12.6. The molecule has 3 N–H and O–H groups in total. The molecule has 4 nitrogen and oxygen atoms in total. The third-order valence-electron chi connectivity index (χ3n) is 2.95. The van der Waals surface area contributed by atoms with Crippen molar-refractivity contribution in [2.75, 3.05) is 11.1 Å². The number of carbonyl (C=O) groups excluding carboxylic acids is 1. The Labute approximate surface area is 101 Å². The first-order valence-electron chi connectivity index (χ1n) is 5.92. The van der Waals surface area contributed by atoms with Crippen LogP contribution in [0.4, 0.5) is 11.4 Å². The molecule has 0 saturated heterocycles. The van der Waals surface area contributed by atoms with Gasteiger partial charge in [-0.3, -0.25) is 4.79 Å². The van der Waals surface area contributed by atoms with Crippen molar-refractivity contribution in [2.24, 2.45) is 5.92 Å². The summed E-state index contributed by atoms with van der Waals surface area (Å²) in [5.74, 6) is 0.619. The number of nitrogens with two attached hydrogens (primary N) is 1. The molecule has 1 heterocycles. The molecular formula is C13H18N2O2. The SMILES string of the molecule is CCc1cc(N)c2c(c1)NC(=O)C(C(C)C)O2. The molecule has 92 valence electrons. The van der Waals surface area contributed by atoms with E-state index in [1.807, 2.05) is 32.9 Å². The highest BCUT2D eigenvalue weighted by Crippen LogP contribution is 2.37. The number of fused-ring (bicyclic) bond motifs is 1. The van der Waals surface area contributed by atoms with E-state index in [-0.39, 0.29) is 11.8 Å². The van der Waals surface area contributed by atoms with E-state index in [9.17, 15) is 4.79 Å². The predicted octanol–water partition coefficient (Wildman–Crippen LogP) is 2.19. The highest BCUT2D eigenvalue weighted by atomic mass is 16.5. The van der Waals surface area contributed by atoms with Crippen molar-refractivity contribution in [1.82, 2.24) is 0 Å². The summed E-state index contributed by atoms with van der Waals surface area (Å²) in [4.78, 5) is 11.8. The van der Waals surface area contributed by atoms with Gasteiger partial charge in [0.1, 0.15) is 0 Å². The first kappa shape index (κ1) is 11.8. The maximum Gasteiger partial charge on any atom is 0.265 e. The molecule has 1 unspecified atom stereocenters. The van der Waals surface area contributed by atoms with Gasteiger partial charge in [-0.1, -0.05) is 20.8 Å². The van der Waals surface area contributed by atoms with Crippen molar-refractivity contribution in [2.45, 2.75) is 33.3 Å². The standard InChI is InChI=1S/C13H18N2O2/c1-4-8-5-9(14)12-10(6-8)15-13(16)11(17-12)7(2)3/h5-7,11H,4,14H2,1-3H3,(H,15,16). The Morgan fingerprint density at radius 1 is 1.47 bits per heavy atom. The summed E-state index contributed by atoms with van der Waals surface area (Å²) in [7, 11) is 0. The van der Waals surface area contributed by atoms with Crippen LogP contribution >= 0.6 is 0 Å². The molecule has 0 saturated carbocycles. The second-order valence-electron chi connectivity index (χ2n) is 4.69. The molecule has 1 amide bonds. The summed E-state index contributed by atoms with van der Waals surface area (Å²) < 4.78 is 5.70. The first-order chi connectivity index (χ1) is 8.02. The van der Waals surface area contributed by atoms with Gasteiger partial charge in [0, 0.05) is 0 Å². The maximum absolute atomic E-state index is 11.8. The Hall–Kier alpha value is -1.71. The third kappa shape index (κ3) is 2.07. The van der Waals surface area contributed by atoms with Crippen molar-refractivity contribution >= 4 is 17.3 Å². The fraction of sp³-hybridized carbons (Fsp3) is 0.462. The van der Waals surface area contributed by atoms with Gasteiger partial charge in [0.25, 0.3) is 5.91 Å². The lowest BCUT2D eigenvalue weighted by Crippen LogP contribution is -2.40. The molecule has 1 aliphatic heterocycles. The van der Waals surface area contributed by atoms with Crippen molar-refractivity contribution in [3.63, 3.8) is 0 Å². The van der Waals surface area contributed by atoms with E-state index < -0.39 is 6.10 Å². The average Bonchev–Trinajstić information content (AvgIpc) is 2.27. The molecule has 0 aromatic heterocycles. The molecule has 2 rings (SSSR count). The van der Waals surface area contributed by atoms with Crippen LogP contribution in [-0.4, -0.2) is 12.0 Å². The van der Waals surface area contributed by atoms with Crippen LogP contribution < -0.4 is 15.8 Å². The van der Waals surface area contributed by atoms with Gasteiger partial charge >= 0.3 is 0 Å². The summed E-state index contributed by atoms with van der Waals surface area (Å²) in [6, 6.07) is 3.81. The number of benzene rings is 1. The van der Waals surface area contributed by atoms with E-state index >= 15 is 0 Å². The third-order valence-corrected chi connectivity index (χ3v) is 2.95. The topological polar surface area (TPSA) is 64.3 Å². The number of rotatable bonds is 2. The largest absolute Gasteiger partial charge is 0.476 e. The molecule has 1 atom stereocenters. The van der Waals surface area contributed by atoms with Gasteiger partial charge < -0.3 is 15.8 Å². The number of anilines is 2. The predicted molar refractivity (Wildman–Crippen MR) is 68.1 cm³/mol. The summed E-state index contributed by atoms with van der Waals surface area (Å²) in [6.45, 7) is 5.95. The lowest BCUT2D eigenvalue weighted by atomic mass is 10.0. The van der Waals surface area contributed by atoms with Crippen LogP contribution in [0, 0.1) is 5.92 Å². The quantitative estimate of drug-likeness (QED) is 0.771. The number of amides is 1. The number of hydrogen-bond acceptors (Lipinski definition) is 3. The molecule has 0 fully saturated rings. The Bertz CT molecular complexity index is 455. The fourth-order valence-corrected chi connectivity index (χ4v) is 1.97. The van der Waals surface area contributed by atoms with Crippen LogP contribution in [0.2, 0.25) is 0 Å². The minimum absolute atomic E-state index is 0.0971. The van der Waals surface area contributed by atoms with Gasteiger partial charge in [0.05, 0.1) is 11.4 Å². The van der Waals surface area contributed by atoms with Crippen molar-refractivity contribution in [3.05, 3.63) is 17.7 Å². The number of hydrogen-bond donors (Lipinski definition) is 2. The Morgan fingerprint density at radius 3 is 2.76 bits per heavy atom. The lowest BCUT2D eigenvalue weighted by molar-refractivity contribution is -0.125. The van der Waals surface area contributed by atoms with Crippen LogP contribution in [0.3, 0.4) is 0 Å². The number of nitrogen functional groups attached to an aromatic ring is 1. The van der Waals surface area contributed by atoms with Gasteiger partial charge in [-0.25, -0.2) is 0 Å².